The van der Waals surface area contributed by atoms with E-state index in [-0.39, 0.29) is 31.0 Å². The number of aromatic amines is 1. The van der Waals surface area contributed by atoms with Crippen molar-refractivity contribution in [2.24, 2.45) is 0 Å². The Morgan fingerprint density at radius 2 is 2.00 bits per heavy atom. The lowest BCUT2D eigenvalue weighted by Crippen LogP contribution is -2.35. The van der Waals surface area contributed by atoms with E-state index in [1.807, 2.05) is 17.5 Å². The monoisotopic (exact) mass is 415 g/mol. The average Bonchev–Trinajstić information content (AvgIpc) is 3.21. The Labute approximate surface area is 170 Å². The SMILES string of the molecule is CC(=O)NC(CC(=O)OCCCn1c(=O)[nH]c2ccccc2c1=O)c1cccs1. The van der Waals surface area contributed by atoms with E-state index in [2.05, 4.69) is 10.3 Å². The van der Waals surface area contributed by atoms with Crippen LogP contribution >= 0.6 is 11.3 Å². The number of nitrogens with zero attached hydrogens (tertiary/aromatic N) is 1. The molecule has 1 aromatic carbocycles. The van der Waals surface area contributed by atoms with Crippen molar-refractivity contribution in [1.29, 1.82) is 0 Å². The summed E-state index contributed by atoms with van der Waals surface area (Å²) in [6.45, 7) is 1.59. The van der Waals surface area contributed by atoms with Gasteiger partial charge in [0.05, 0.1) is 30.0 Å². The number of thiophene rings is 1. The van der Waals surface area contributed by atoms with Gasteiger partial charge < -0.3 is 15.0 Å². The molecular weight excluding hydrogens is 394 g/mol. The highest BCUT2D eigenvalue weighted by atomic mass is 32.1. The number of carbonyl (C=O) groups is 2. The van der Waals surface area contributed by atoms with Crippen molar-refractivity contribution in [3.63, 3.8) is 0 Å². The van der Waals surface area contributed by atoms with Gasteiger partial charge in [-0.3, -0.25) is 19.0 Å². The minimum absolute atomic E-state index is 0.0105. The number of para-hydroxylation sites is 1. The predicted molar refractivity (Wildman–Crippen MR) is 110 cm³/mol. The van der Waals surface area contributed by atoms with Crippen molar-refractivity contribution in [3.05, 3.63) is 67.5 Å². The number of esters is 1. The smallest absolute Gasteiger partial charge is 0.328 e. The molecule has 2 aromatic heterocycles. The van der Waals surface area contributed by atoms with E-state index in [9.17, 15) is 19.2 Å². The number of amides is 1. The molecule has 0 spiro atoms. The fourth-order valence-corrected chi connectivity index (χ4v) is 3.77. The van der Waals surface area contributed by atoms with Gasteiger partial charge >= 0.3 is 11.7 Å². The van der Waals surface area contributed by atoms with Gasteiger partial charge in [-0.1, -0.05) is 18.2 Å². The predicted octanol–water partition coefficient (Wildman–Crippen LogP) is 1.95. The summed E-state index contributed by atoms with van der Waals surface area (Å²) in [5.74, 6) is -0.692. The summed E-state index contributed by atoms with van der Waals surface area (Å²) in [7, 11) is 0. The van der Waals surface area contributed by atoms with Crippen LogP contribution in [0.3, 0.4) is 0 Å². The van der Waals surface area contributed by atoms with Gasteiger partial charge in [-0.15, -0.1) is 11.3 Å². The van der Waals surface area contributed by atoms with Gasteiger partial charge in [0.25, 0.3) is 5.56 Å². The summed E-state index contributed by atoms with van der Waals surface area (Å²) in [5, 5.41) is 5.04. The molecule has 0 radical (unpaired) electrons. The Bertz CT molecular complexity index is 1120. The van der Waals surface area contributed by atoms with E-state index in [0.29, 0.717) is 17.3 Å². The molecule has 29 heavy (non-hydrogen) atoms. The summed E-state index contributed by atoms with van der Waals surface area (Å²) < 4.78 is 6.33. The van der Waals surface area contributed by atoms with Crippen LogP contribution in [0.15, 0.2) is 51.4 Å². The van der Waals surface area contributed by atoms with Crippen molar-refractivity contribution >= 4 is 34.1 Å². The second-order valence-electron chi connectivity index (χ2n) is 6.48. The number of aromatic nitrogens is 2. The largest absolute Gasteiger partial charge is 0.466 e. The number of ether oxygens (including phenoxy) is 1. The number of H-pyrrole nitrogens is 1. The molecule has 0 saturated carbocycles. The summed E-state index contributed by atoms with van der Waals surface area (Å²) >= 11 is 1.45. The standard InChI is InChI=1S/C20H21N3O5S/c1-13(24)21-16(17-8-4-11-29-17)12-18(25)28-10-5-9-23-19(26)14-6-2-3-7-15(14)22-20(23)27/h2-4,6-8,11,16H,5,9-10,12H2,1H3,(H,21,24)(H,22,27). The number of nitrogens with one attached hydrogen (secondary N) is 2. The first-order valence-electron chi connectivity index (χ1n) is 9.13. The summed E-state index contributed by atoms with van der Waals surface area (Å²) in [6.07, 6.45) is 0.327. The Hall–Kier alpha value is -3.20. The third-order valence-corrected chi connectivity index (χ3v) is 5.30. The highest BCUT2D eigenvalue weighted by Crippen LogP contribution is 2.22. The lowest BCUT2D eigenvalue weighted by Gasteiger charge is -2.15. The Morgan fingerprint density at radius 1 is 1.21 bits per heavy atom. The molecule has 1 amide bonds. The van der Waals surface area contributed by atoms with E-state index >= 15 is 0 Å². The van der Waals surface area contributed by atoms with Crippen LogP contribution in [0.5, 0.6) is 0 Å². The lowest BCUT2D eigenvalue weighted by atomic mass is 10.1. The van der Waals surface area contributed by atoms with Crippen LogP contribution in [0.4, 0.5) is 0 Å². The Balaban J connectivity index is 1.56. The fraction of sp³-hybridized carbons (Fsp3) is 0.300. The van der Waals surface area contributed by atoms with Crippen LogP contribution < -0.4 is 16.6 Å². The quantitative estimate of drug-likeness (QED) is 0.432. The van der Waals surface area contributed by atoms with Gasteiger partial charge in [0.1, 0.15) is 0 Å². The van der Waals surface area contributed by atoms with E-state index < -0.39 is 17.7 Å². The van der Waals surface area contributed by atoms with Crippen molar-refractivity contribution in [1.82, 2.24) is 14.9 Å². The zero-order valence-electron chi connectivity index (χ0n) is 15.8. The molecule has 9 heteroatoms. The minimum Gasteiger partial charge on any atom is -0.466 e. The molecule has 0 bridgehead atoms. The Morgan fingerprint density at radius 3 is 2.72 bits per heavy atom. The summed E-state index contributed by atoms with van der Waals surface area (Å²) in [5.41, 5.74) is -0.384. The maximum Gasteiger partial charge on any atom is 0.328 e. The minimum atomic E-state index is -0.497. The van der Waals surface area contributed by atoms with Gasteiger partial charge in [-0.05, 0) is 30.0 Å². The van der Waals surface area contributed by atoms with Crippen molar-refractivity contribution < 1.29 is 14.3 Å². The molecule has 3 aromatic rings. The third kappa shape index (κ3) is 5.20. The van der Waals surface area contributed by atoms with Crippen LogP contribution in [0.25, 0.3) is 10.9 Å². The van der Waals surface area contributed by atoms with Crippen LogP contribution in [-0.4, -0.2) is 28.0 Å². The van der Waals surface area contributed by atoms with Gasteiger partial charge in [-0.25, -0.2) is 4.79 Å². The molecular formula is C20H21N3O5S. The maximum atomic E-state index is 12.5. The van der Waals surface area contributed by atoms with E-state index in [1.54, 1.807) is 24.3 Å². The van der Waals surface area contributed by atoms with E-state index in [1.165, 1.54) is 18.3 Å². The molecule has 1 unspecified atom stereocenters. The molecule has 8 nitrogen and oxygen atoms in total. The van der Waals surface area contributed by atoms with Crippen LogP contribution in [0.1, 0.15) is 30.7 Å². The second kappa shape index (κ2) is 9.33. The van der Waals surface area contributed by atoms with E-state index in [0.717, 1.165) is 9.44 Å². The van der Waals surface area contributed by atoms with Crippen LogP contribution in [0.2, 0.25) is 0 Å². The molecule has 0 aliphatic carbocycles. The summed E-state index contributed by atoms with van der Waals surface area (Å²) in [4.78, 5) is 51.6. The molecule has 0 aliphatic heterocycles. The number of rotatable bonds is 8. The van der Waals surface area contributed by atoms with Crippen LogP contribution in [-0.2, 0) is 20.9 Å². The third-order valence-electron chi connectivity index (χ3n) is 4.31. The molecule has 3 rings (SSSR count). The first-order valence-corrected chi connectivity index (χ1v) is 10.0. The topological polar surface area (TPSA) is 110 Å². The Kier molecular flexibility index (Phi) is 6.61. The van der Waals surface area contributed by atoms with Crippen molar-refractivity contribution in [2.75, 3.05) is 6.61 Å². The lowest BCUT2D eigenvalue weighted by molar-refractivity contribution is -0.144. The number of fused-ring (bicyclic) bond motifs is 1. The maximum absolute atomic E-state index is 12.5. The highest BCUT2D eigenvalue weighted by molar-refractivity contribution is 7.10. The first-order chi connectivity index (χ1) is 14.0. The number of hydrogen-bond donors (Lipinski definition) is 2. The van der Waals surface area contributed by atoms with Gasteiger partial charge in [0, 0.05) is 18.3 Å². The highest BCUT2D eigenvalue weighted by Gasteiger charge is 2.19. The van der Waals surface area contributed by atoms with Gasteiger partial charge in [0.15, 0.2) is 0 Å². The molecule has 2 heterocycles. The zero-order valence-corrected chi connectivity index (χ0v) is 16.7. The van der Waals surface area contributed by atoms with Gasteiger partial charge in [0.2, 0.25) is 5.91 Å². The molecule has 152 valence electrons. The van der Waals surface area contributed by atoms with E-state index in [4.69, 9.17) is 4.74 Å². The first kappa shape index (κ1) is 20.5. The molecule has 2 N–H and O–H groups in total. The molecule has 0 aliphatic rings. The number of carbonyl (C=O) groups excluding carboxylic acids is 2. The summed E-state index contributed by atoms with van der Waals surface area (Å²) in [6, 6.07) is 10.0. The normalized spacial score (nSPS) is 11.9. The molecule has 0 fully saturated rings. The van der Waals surface area contributed by atoms with Gasteiger partial charge in [-0.2, -0.15) is 0 Å². The molecule has 1 atom stereocenters. The van der Waals surface area contributed by atoms with Crippen LogP contribution in [0, 0.1) is 0 Å². The average molecular weight is 415 g/mol. The molecule has 0 saturated heterocycles. The van der Waals surface area contributed by atoms with Crippen molar-refractivity contribution in [3.8, 4) is 0 Å². The van der Waals surface area contributed by atoms with Crippen molar-refractivity contribution in [2.45, 2.75) is 32.4 Å². The number of hydrogen-bond acceptors (Lipinski definition) is 6. The fourth-order valence-electron chi connectivity index (χ4n) is 2.99. The zero-order chi connectivity index (χ0) is 20.8. The number of benzene rings is 1. The second-order valence-corrected chi connectivity index (χ2v) is 7.46.